The van der Waals surface area contributed by atoms with Gasteiger partial charge in [0.2, 0.25) is 0 Å². The van der Waals surface area contributed by atoms with E-state index in [1.165, 1.54) is 6.33 Å². The van der Waals surface area contributed by atoms with Crippen molar-refractivity contribution in [1.29, 1.82) is 0 Å². The van der Waals surface area contributed by atoms with Crippen LogP contribution in [-0.4, -0.2) is 26.1 Å². The van der Waals surface area contributed by atoms with Gasteiger partial charge in [0.1, 0.15) is 23.6 Å². The van der Waals surface area contributed by atoms with Crippen LogP contribution in [0.2, 0.25) is 0 Å². The number of nitrogens with one attached hydrogen (secondary N) is 2. The van der Waals surface area contributed by atoms with Crippen molar-refractivity contribution in [3.8, 4) is 22.8 Å². The standard InChI is InChI=1S/C21H19N5O2/c27-21-23-11-13-26(21)12-10-22-20-14-18(24-15-25-20)17-8-4-5-9-19(17)28-16-6-2-1-3-7-16/h1-9,11,13-15H,10,12H2,(H,23,27)(H,22,24,25). The first-order valence-electron chi connectivity index (χ1n) is 8.91. The van der Waals surface area contributed by atoms with Gasteiger partial charge < -0.3 is 15.0 Å². The molecular weight excluding hydrogens is 354 g/mol. The quantitative estimate of drug-likeness (QED) is 0.518. The second kappa shape index (κ2) is 8.22. The normalized spacial score (nSPS) is 10.6. The van der Waals surface area contributed by atoms with Gasteiger partial charge in [-0.15, -0.1) is 0 Å². The van der Waals surface area contributed by atoms with Crippen molar-refractivity contribution >= 4 is 5.82 Å². The number of aromatic amines is 1. The smallest absolute Gasteiger partial charge is 0.325 e. The molecule has 7 heteroatoms. The van der Waals surface area contributed by atoms with E-state index in [-0.39, 0.29) is 5.69 Å². The zero-order valence-electron chi connectivity index (χ0n) is 15.1. The highest BCUT2D eigenvalue weighted by atomic mass is 16.5. The highest BCUT2D eigenvalue weighted by Crippen LogP contribution is 2.32. The number of nitrogens with zero attached hydrogens (tertiary/aromatic N) is 3. The summed E-state index contributed by atoms with van der Waals surface area (Å²) in [5, 5.41) is 3.22. The summed E-state index contributed by atoms with van der Waals surface area (Å²) in [6.45, 7) is 1.10. The Balaban J connectivity index is 1.51. The molecule has 28 heavy (non-hydrogen) atoms. The second-order valence-corrected chi connectivity index (χ2v) is 6.09. The van der Waals surface area contributed by atoms with Crippen LogP contribution >= 0.6 is 0 Å². The Bertz CT molecular complexity index is 1100. The summed E-state index contributed by atoms with van der Waals surface area (Å²) >= 11 is 0. The fraction of sp³-hybridized carbons (Fsp3) is 0.0952. The summed E-state index contributed by atoms with van der Waals surface area (Å²) in [5.74, 6) is 2.17. The van der Waals surface area contributed by atoms with Crippen molar-refractivity contribution in [2.24, 2.45) is 0 Å². The third kappa shape index (κ3) is 4.09. The van der Waals surface area contributed by atoms with Gasteiger partial charge in [0.05, 0.1) is 5.69 Å². The number of ether oxygens (including phenoxy) is 1. The lowest BCUT2D eigenvalue weighted by atomic mass is 10.1. The van der Waals surface area contributed by atoms with E-state index in [2.05, 4.69) is 20.3 Å². The largest absolute Gasteiger partial charge is 0.457 e. The number of benzene rings is 2. The van der Waals surface area contributed by atoms with Gasteiger partial charge in [0.15, 0.2) is 0 Å². The Labute approximate surface area is 161 Å². The molecule has 0 aliphatic heterocycles. The molecule has 0 bridgehead atoms. The second-order valence-electron chi connectivity index (χ2n) is 6.09. The van der Waals surface area contributed by atoms with Crippen molar-refractivity contribution in [2.45, 2.75) is 6.54 Å². The molecule has 0 saturated carbocycles. The molecule has 2 aromatic carbocycles. The Hall–Kier alpha value is -3.87. The van der Waals surface area contributed by atoms with Crippen LogP contribution in [0, 0.1) is 0 Å². The molecule has 0 spiro atoms. The Kier molecular flexibility index (Phi) is 5.15. The monoisotopic (exact) mass is 373 g/mol. The Morgan fingerprint density at radius 3 is 2.68 bits per heavy atom. The lowest BCUT2D eigenvalue weighted by Gasteiger charge is -2.12. The van der Waals surface area contributed by atoms with E-state index >= 15 is 0 Å². The van der Waals surface area contributed by atoms with Crippen LogP contribution in [0.5, 0.6) is 11.5 Å². The molecule has 2 heterocycles. The fourth-order valence-corrected chi connectivity index (χ4v) is 2.81. The molecule has 0 radical (unpaired) electrons. The first kappa shape index (κ1) is 17.5. The van der Waals surface area contributed by atoms with Crippen molar-refractivity contribution in [1.82, 2.24) is 19.5 Å². The molecule has 0 aliphatic rings. The minimum absolute atomic E-state index is 0.128. The zero-order valence-corrected chi connectivity index (χ0v) is 15.1. The van der Waals surface area contributed by atoms with Gasteiger partial charge in [-0.05, 0) is 24.3 Å². The van der Waals surface area contributed by atoms with Crippen molar-refractivity contribution in [3.05, 3.63) is 89.9 Å². The average molecular weight is 373 g/mol. The van der Waals surface area contributed by atoms with Gasteiger partial charge >= 0.3 is 5.69 Å². The third-order valence-electron chi connectivity index (χ3n) is 4.18. The molecule has 4 rings (SSSR count). The number of hydrogen-bond acceptors (Lipinski definition) is 5. The predicted octanol–water partition coefficient (Wildman–Crippen LogP) is 3.54. The molecular formula is C21H19N5O2. The molecule has 2 N–H and O–H groups in total. The Morgan fingerprint density at radius 2 is 1.86 bits per heavy atom. The predicted molar refractivity (Wildman–Crippen MR) is 108 cm³/mol. The molecule has 2 aromatic heterocycles. The van der Waals surface area contributed by atoms with Crippen LogP contribution in [-0.2, 0) is 6.54 Å². The average Bonchev–Trinajstić information content (AvgIpc) is 3.14. The molecule has 0 fully saturated rings. The topological polar surface area (TPSA) is 84.8 Å². The van der Waals surface area contributed by atoms with Gasteiger partial charge in [-0.1, -0.05) is 30.3 Å². The van der Waals surface area contributed by atoms with Crippen LogP contribution in [0.25, 0.3) is 11.3 Å². The number of para-hydroxylation sites is 2. The van der Waals surface area contributed by atoms with Crippen molar-refractivity contribution in [3.63, 3.8) is 0 Å². The van der Waals surface area contributed by atoms with Crippen LogP contribution in [0.3, 0.4) is 0 Å². The van der Waals surface area contributed by atoms with E-state index < -0.39 is 0 Å². The number of anilines is 1. The van der Waals surface area contributed by atoms with Crippen molar-refractivity contribution < 1.29 is 4.74 Å². The van der Waals surface area contributed by atoms with Crippen LogP contribution in [0.4, 0.5) is 5.82 Å². The maximum Gasteiger partial charge on any atom is 0.325 e. The Morgan fingerprint density at radius 1 is 1.04 bits per heavy atom. The molecule has 4 aromatic rings. The SMILES string of the molecule is O=c1[nH]ccn1CCNc1cc(-c2ccccc2Oc2ccccc2)ncn1. The summed E-state index contributed by atoms with van der Waals surface area (Å²) in [6, 6.07) is 19.2. The summed E-state index contributed by atoms with van der Waals surface area (Å²) < 4.78 is 7.62. The molecule has 0 atom stereocenters. The van der Waals surface area contributed by atoms with E-state index in [1.54, 1.807) is 17.0 Å². The summed E-state index contributed by atoms with van der Waals surface area (Å²) in [7, 11) is 0. The number of aromatic nitrogens is 4. The first-order valence-corrected chi connectivity index (χ1v) is 8.91. The van der Waals surface area contributed by atoms with Gasteiger partial charge in [-0.2, -0.15) is 0 Å². The summed E-state index contributed by atoms with van der Waals surface area (Å²) in [6.07, 6.45) is 4.85. The van der Waals surface area contributed by atoms with Gasteiger partial charge in [0, 0.05) is 37.1 Å². The van der Waals surface area contributed by atoms with Crippen molar-refractivity contribution in [2.75, 3.05) is 11.9 Å². The van der Waals surface area contributed by atoms with E-state index in [4.69, 9.17) is 4.74 Å². The minimum atomic E-state index is -0.128. The van der Waals surface area contributed by atoms with E-state index in [1.807, 2.05) is 60.7 Å². The van der Waals surface area contributed by atoms with E-state index in [0.717, 1.165) is 22.8 Å². The fourth-order valence-electron chi connectivity index (χ4n) is 2.81. The summed E-state index contributed by atoms with van der Waals surface area (Å²) in [4.78, 5) is 22.8. The minimum Gasteiger partial charge on any atom is -0.457 e. The molecule has 7 nitrogen and oxygen atoms in total. The number of imidazole rings is 1. The van der Waals surface area contributed by atoms with Crippen LogP contribution < -0.4 is 15.7 Å². The van der Waals surface area contributed by atoms with Gasteiger partial charge in [0.25, 0.3) is 0 Å². The van der Waals surface area contributed by atoms with Gasteiger partial charge in [-0.25, -0.2) is 14.8 Å². The first-order chi connectivity index (χ1) is 13.8. The maximum absolute atomic E-state index is 11.5. The third-order valence-corrected chi connectivity index (χ3v) is 4.18. The molecule has 140 valence electrons. The number of hydrogen-bond donors (Lipinski definition) is 2. The van der Waals surface area contributed by atoms with E-state index in [0.29, 0.717) is 18.9 Å². The zero-order chi connectivity index (χ0) is 19.2. The highest BCUT2D eigenvalue weighted by Gasteiger charge is 2.09. The maximum atomic E-state index is 11.5. The lowest BCUT2D eigenvalue weighted by molar-refractivity contribution is 0.484. The lowest BCUT2D eigenvalue weighted by Crippen LogP contribution is -2.20. The molecule has 0 aliphatic carbocycles. The molecule has 0 unspecified atom stereocenters. The van der Waals surface area contributed by atoms with Crippen LogP contribution in [0.1, 0.15) is 0 Å². The van der Waals surface area contributed by atoms with Crippen LogP contribution in [0.15, 0.2) is 84.2 Å². The van der Waals surface area contributed by atoms with E-state index in [9.17, 15) is 4.79 Å². The molecule has 0 amide bonds. The molecule has 0 saturated heterocycles. The summed E-state index contributed by atoms with van der Waals surface area (Å²) in [5.41, 5.74) is 1.50. The number of H-pyrrole nitrogens is 1. The number of rotatable bonds is 7. The van der Waals surface area contributed by atoms with Gasteiger partial charge in [-0.3, -0.25) is 4.57 Å². The highest BCUT2D eigenvalue weighted by molar-refractivity contribution is 5.69.